The van der Waals surface area contributed by atoms with E-state index >= 15 is 0 Å². The summed E-state index contributed by atoms with van der Waals surface area (Å²) in [5.41, 5.74) is 8.16. The van der Waals surface area contributed by atoms with E-state index in [-0.39, 0.29) is 12.5 Å². The van der Waals surface area contributed by atoms with Crippen LogP contribution in [0.1, 0.15) is 36.9 Å². The van der Waals surface area contributed by atoms with Gasteiger partial charge in [-0.3, -0.25) is 19.5 Å². The lowest BCUT2D eigenvalue weighted by molar-refractivity contribution is -0.131. The quantitative estimate of drug-likeness (QED) is 0.287. The van der Waals surface area contributed by atoms with Crippen molar-refractivity contribution in [1.82, 2.24) is 24.3 Å². The number of hydrogen-bond donors (Lipinski definition) is 1. The molecule has 0 saturated heterocycles. The van der Waals surface area contributed by atoms with Gasteiger partial charge < -0.3 is 24.7 Å². The molecule has 5 rings (SSSR count). The average molecular weight is 645 g/mol. The van der Waals surface area contributed by atoms with Crippen LogP contribution in [0, 0.1) is 0 Å². The smallest absolute Gasteiger partial charge is 0.255 e. The lowest BCUT2D eigenvalue weighted by Crippen LogP contribution is -2.34. The molecular formula is C35H41ClN6O4. The molecule has 0 fully saturated rings. The number of benzene rings is 2. The Balaban J connectivity index is 1.30. The first-order valence-corrected chi connectivity index (χ1v) is 16.2. The minimum Gasteiger partial charge on any atom is -0.494 e. The molecule has 1 aliphatic heterocycles. The van der Waals surface area contributed by atoms with Gasteiger partial charge in [-0.1, -0.05) is 35.9 Å². The van der Waals surface area contributed by atoms with Gasteiger partial charge in [0.15, 0.2) is 6.61 Å². The molecule has 2 bridgehead atoms. The number of nitrogens with two attached hydrogens (primary N) is 1. The van der Waals surface area contributed by atoms with Crippen LogP contribution in [0.5, 0.6) is 11.5 Å². The van der Waals surface area contributed by atoms with Crippen molar-refractivity contribution in [3.05, 3.63) is 95.5 Å². The molecule has 2 aromatic carbocycles. The van der Waals surface area contributed by atoms with Crippen molar-refractivity contribution in [3.8, 4) is 22.9 Å². The van der Waals surface area contributed by atoms with Crippen molar-refractivity contribution in [1.29, 1.82) is 0 Å². The van der Waals surface area contributed by atoms with Crippen molar-refractivity contribution in [2.75, 3.05) is 39.4 Å². The first-order chi connectivity index (χ1) is 22.4. The van der Waals surface area contributed by atoms with E-state index < -0.39 is 5.91 Å². The molecule has 0 spiro atoms. The number of carbonyl (C=O) groups is 2. The topological polar surface area (TPSA) is 116 Å². The molecule has 2 amide bonds. The summed E-state index contributed by atoms with van der Waals surface area (Å²) in [6.07, 6.45) is 9.19. The normalized spacial score (nSPS) is 14.9. The van der Waals surface area contributed by atoms with Crippen LogP contribution in [-0.2, 0) is 29.1 Å². The number of ether oxygens (including phenoxy) is 2. The number of nitrogens with zero attached hydrogens (tertiary/aromatic N) is 5. The number of primary amides is 1. The highest BCUT2D eigenvalue weighted by atomic mass is 35.5. The second kappa shape index (κ2) is 16.8. The number of pyridine rings is 1. The third kappa shape index (κ3) is 9.79. The van der Waals surface area contributed by atoms with Crippen molar-refractivity contribution in [2.45, 2.75) is 45.2 Å². The maximum Gasteiger partial charge on any atom is 0.255 e. The summed E-state index contributed by atoms with van der Waals surface area (Å²) in [6.45, 7) is 4.66. The summed E-state index contributed by atoms with van der Waals surface area (Å²) < 4.78 is 13.7. The maximum absolute atomic E-state index is 13.3. The van der Waals surface area contributed by atoms with Gasteiger partial charge in [-0.25, -0.2) is 4.98 Å². The number of carbonyl (C=O) groups excluding carboxylic acids is 2. The van der Waals surface area contributed by atoms with Gasteiger partial charge in [0.25, 0.3) is 5.91 Å². The van der Waals surface area contributed by atoms with Crippen LogP contribution < -0.4 is 15.2 Å². The predicted molar refractivity (Wildman–Crippen MR) is 178 cm³/mol. The molecule has 46 heavy (non-hydrogen) atoms. The number of halogens is 1. The Morgan fingerprint density at radius 2 is 1.78 bits per heavy atom. The Bertz CT molecular complexity index is 1580. The molecule has 11 heteroatoms. The number of amides is 2. The summed E-state index contributed by atoms with van der Waals surface area (Å²) in [5.74, 6) is 1.68. The summed E-state index contributed by atoms with van der Waals surface area (Å²) in [5, 5.41) is 0.433. The van der Waals surface area contributed by atoms with Gasteiger partial charge in [-0.05, 0) is 74.2 Å². The van der Waals surface area contributed by atoms with Gasteiger partial charge in [0.2, 0.25) is 5.91 Å². The monoisotopic (exact) mass is 644 g/mol. The van der Waals surface area contributed by atoms with Gasteiger partial charge in [-0.15, -0.1) is 0 Å². The van der Waals surface area contributed by atoms with E-state index in [0.29, 0.717) is 49.9 Å². The van der Waals surface area contributed by atoms with E-state index in [2.05, 4.69) is 19.4 Å². The second-order valence-electron chi connectivity index (χ2n) is 11.4. The lowest BCUT2D eigenvalue weighted by atomic mass is 10.1. The van der Waals surface area contributed by atoms with E-state index in [1.54, 1.807) is 12.3 Å². The molecule has 0 atom stereocenters. The Labute approximate surface area is 275 Å². The minimum atomic E-state index is -0.556. The van der Waals surface area contributed by atoms with Crippen LogP contribution in [0.25, 0.3) is 11.4 Å². The van der Waals surface area contributed by atoms with Gasteiger partial charge in [0.05, 0.1) is 11.6 Å². The average Bonchev–Trinajstić information content (AvgIpc) is 3.54. The first-order valence-electron chi connectivity index (χ1n) is 15.8. The van der Waals surface area contributed by atoms with Crippen LogP contribution >= 0.6 is 11.6 Å². The lowest BCUT2D eigenvalue weighted by Gasteiger charge is -2.25. The van der Waals surface area contributed by atoms with E-state index in [0.717, 1.165) is 67.3 Å². The SMILES string of the molecule is NC(=O)COc1ccc(CN2CCCCN(C(=O)CCc3ccccn3)CCCOc3cccc(c3)-c3nccn3CC2)cc1Cl. The molecule has 4 aromatic rings. The fourth-order valence-electron chi connectivity index (χ4n) is 5.54. The van der Waals surface area contributed by atoms with Crippen molar-refractivity contribution >= 4 is 23.4 Å². The van der Waals surface area contributed by atoms with Crippen LogP contribution in [-0.4, -0.2) is 75.5 Å². The van der Waals surface area contributed by atoms with Gasteiger partial charge >= 0.3 is 0 Å². The fraction of sp³-hybridized carbons (Fsp3) is 0.371. The Morgan fingerprint density at radius 1 is 0.913 bits per heavy atom. The zero-order valence-corrected chi connectivity index (χ0v) is 26.8. The van der Waals surface area contributed by atoms with E-state index in [1.165, 1.54) is 0 Å². The maximum atomic E-state index is 13.3. The number of hydrogen-bond acceptors (Lipinski definition) is 7. The third-order valence-corrected chi connectivity index (χ3v) is 8.20. The number of imidazole rings is 1. The molecule has 2 N–H and O–H groups in total. The fourth-order valence-corrected chi connectivity index (χ4v) is 5.80. The first kappa shape index (κ1) is 33.0. The predicted octanol–water partition coefficient (Wildman–Crippen LogP) is 4.99. The van der Waals surface area contributed by atoms with Crippen molar-refractivity contribution in [2.24, 2.45) is 5.73 Å². The molecule has 0 unspecified atom stereocenters. The number of fused-ring (bicyclic) bond motifs is 4. The van der Waals surface area contributed by atoms with Crippen LogP contribution in [0.3, 0.4) is 0 Å². The van der Waals surface area contributed by atoms with Gasteiger partial charge in [0, 0.05) is 69.0 Å². The number of aromatic nitrogens is 3. The molecule has 3 heterocycles. The highest BCUT2D eigenvalue weighted by Gasteiger charge is 2.16. The molecule has 2 aromatic heterocycles. The van der Waals surface area contributed by atoms with E-state index in [4.69, 9.17) is 26.8 Å². The Hall–Kier alpha value is -4.41. The molecule has 0 aliphatic carbocycles. The van der Waals surface area contributed by atoms with E-state index in [1.807, 2.05) is 71.9 Å². The number of rotatable bonds is 8. The Morgan fingerprint density at radius 3 is 2.61 bits per heavy atom. The van der Waals surface area contributed by atoms with Crippen LogP contribution in [0.4, 0.5) is 0 Å². The summed E-state index contributed by atoms with van der Waals surface area (Å²) in [6, 6.07) is 19.4. The molecule has 0 saturated carbocycles. The largest absolute Gasteiger partial charge is 0.494 e. The standard InChI is InChI=1S/C35H41ClN6O4/c36-31-23-27(10-12-32(31)46-26-33(37)43)25-40-16-3-4-17-41(34(44)13-11-29-8-1-2-14-38-29)18-6-22-45-30-9-5-7-28(24-30)35-39-15-19-42(35)21-20-40/h1-2,5,7-10,12,14-15,19,23-24H,3-4,6,11,13,16-18,20-22,25-26H2,(H2,37,43). The minimum absolute atomic E-state index is 0.140. The van der Waals surface area contributed by atoms with Crippen molar-refractivity contribution in [3.63, 3.8) is 0 Å². The van der Waals surface area contributed by atoms with Gasteiger partial charge in [0.1, 0.15) is 17.3 Å². The van der Waals surface area contributed by atoms with Crippen LogP contribution in [0.15, 0.2) is 79.3 Å². The zero-order valence-electron chi connectivity index (χ0n) is 26.0. The van der Waals surface area contributed by atoms with Crippen molar-refractivity contribution < 1.29 is 19.1 Å². The molecule has 242 valence electrons. The summed E-state index contributed by atoms with van der Waals surface area (Å²) >= 11 is 6.49. The molecule has 10 nitrogen and oxygen atoms in total. The second-order valence-corrected chi connectivity index (χ2v) is 11.8. The van der Waals surface area contributed by atoms with Crippen LogP contribution in [0.2, 0.25) is 5.02 Å². The summed E-state index contributed by atoms with van der Waals surface area (Å²) in [7, 11) is 0. The van der Waals surface area contributed by atoms with Gasteiger partial charge in [-0.2, -0.15) is 0 Å². The molecule has 0 radical (unpaired) electrons. The Kier molecular flexibility index (Phi) is 12.0. The van der Waals surface area contributed by atoms with E-state index in [9.17, 15) is 9.59 Å². The highest BCUT2D eigenvalue weighted by molar-refractivity contribution is 6.32. The zero-order chi connectivity index (χ0) is 32.1. The third-order valence-electron chi connectivity index (χ3n) is 7.90. The highest BCUT2D eigenvalue weighted by Crippen LogP contribution is 2.27. The number of aryl methyl sites for hydroxylation is 1. The molecular weight excluding hydrogens is 604 g/mol. The molecule has 1 aliphatic rings. The summed E-state index contributed by atoms with van der Waals surface area (Å²) in [4.78, 5) is 37.9.